The van der Waals surface area contributed by atoms with Gasteiger partial charge in [-0.15, -0.1) is 0 Å². The molecule has 2 aliphatic rings. The summed E-state index contributed by atoms with van der Waals surface area (Å²) < 4.78 is 43.8. The van der Waals surface area contributed by atoms with Gasteiger partial charge in [0.15, 0.2) is 15.6 Å². The number of ether oxygens (including phenoxy) is 3. The Kier molecular flexibility index (Phi) is 7.83. The van der Waals surface area contributed by atoms with Crippen molar-refractivity contribution in [2.45, 2.75) is 48.8 Å². The van der Waals surface area contributed by atoms with E-state index >= 15 is 0 Å². The van der Waals surface area contributed by atoms with Crippen molar-refractivity contribution >= 4 is 43.3 Å². The molecule has 0 aromatic heterocycles. The average Bonchev–Trinajstić information content (AvgIpc) is 3.07. The van der Waals surface area contributed by atoms with Crippen LogP contribution in [-0.4, -0.2) is 67.7 Å². The van der Waals surface area contributed by atoms with Crippen LogP contribution in [0.3, 0.4) is 0 Å². The average molecular weight is 540 g/mol. The molecule has 172 valence electrons. The maximum absolute atomic E-state index is 13.3. The number of hydrogen-bond acceptors (Lipinski definition) is 8. The first-order valence-electron chi connectivity index (χ1n) is 9.77. The standard InChI is InChI=1S/C20H24BrClO8S/c1-2-28-19(25)14-8-20(29-16(9-23)17(10-24)30-20)6-5-18(14)31(26,27)11-12-3-4-13(22)7-15(12)21/h3-4,7-8,16-18,23-24H,2,5-6,9-11H2,1H3/t16-,17-,18?/m1/s1. The molecular formula is C20H24BrClO8S. The Bertz CT molecular complexity index is 952. The van der Waals surface area contributed by atoms with Crippen LogP contribution in [0.1, 0.15) is 25.3 Å². The molecule has 1 aliphatic carbocycles. The first kappa shape index (κ1) is 24.6. The van der Waals surface area contributed by atoms with Gasteiger partial charge in [-0.2, -0.15) is 0 Å². The van der Waals surface area contributed by atoms with E-state index in [0.717, 1.165) is 0 Å². The summed E-state index contributed by atoms with van der Waals surface area (Å²) in [5.41, 5.74) is 0.440. The summed E-state index contributed by atoms with van der Waals surface area (Å²) in [5.74, 6) is -2.49. The molecular weight excluding hydrogens is 516 g/mol. The molecule has 3 atom stereocenters. The van der Waals surface area contributed by atoms with Crippen molar-refractivity contribution in [2.24, 2.45) is 0 Å². The highest BCUT2D eigenvalue weighted by Crippen LogP contribution is 2.41. The maximum atomic E-state index is 13.3. The number of halogens is 2. The zero-order chi connectivity index (χ0) is 22.8. The molecule has 31 heavy (non-hydrogen) atoms. The molecule has 8 nitrogen and oxygen atoms in total. The fraction of sp³-hybridized carbons (Fsp3) is 0.550. The van der Waals surface area contributed by atoms with Gasteiger partial charge in [0.05, 0.1) is 36.4 Å². The van der Waals surface area contributed by atoms with Crippen molar-refractivity contribution < 1.29 is 37.6 Å². The van der Waals surface area contributed by atoms with Crippen molar-refractivity contribution in [3.8, 4) is 0 Å². The Balaban J connectivity index is 1.95. The van der Waals surface area contributed by atoms with Crippen LogP contribution in [0, 0.1) is 0 Å². The predicted octanol–water partition coefficient (Wildman–Crippen LogP) is 2.13. The molecule has 1 spiro atoms. The van der Waals surface area contributed by atoms with E-state index < -0.39 is 39.1 Å². The lowest BCUT2D eigenvalue weighted by atomic mass is 9.94. The van der Waals surface area contributed by atoms with Gasteiger partial charge in [-0.25, -0.2) is 13.2 Å². The van der Waals surface area contributed by atoms with Crippen molar-refractivity contribution in [2.75, 3.05) is 19.8 Å². The van der Waals surface area contributed by atoms with Gasteiger partial charge in [0.2, 0.25) is 0 Å². The third-order valence-electron chi connectivity index (χ3n) is 5.27. The maximum Gasteiger partial charge on any atom is 0.335 e. The normalized spacial score (nSPS) is 25.5. The van der Waals surface area contributed by atoms with Gasteiger partial charge in [-0.1, -0.05) is 33.6 Å². The minimum atomic E-state index is -3.82. The monoisotopic (exact) mass is 538 g/mol. The Labute approximate surface area is 194 Å². The van der Waals surface area contributed by atoms with Crippen molar-refractivity contribution in [1.82, 2.24) is 0 Å². The third-order valence-corrected chi connectivity index (χ3v) is 8.31. The Morgan fingerprint density at radius 3 is 2.48 bits per heavy atom. The number of carbonyl (C=O) groups excluding carboxylic acids is 1. The largest absolute Gasteiger partial charge is 0.463 e. The number of esters is 1. The fourth-order valence-corrected chi connectivity index (χ4v) is 6.73. The lowest BCUT2D eigenvalue weighted by Gasteiger charge is -2.33. The van der Waals surface area contributed by atoms with E-state index in [1.165, 1.54) is 6.08 Å². The predicted molar refractivity (Wildman–Crippen MR) is 116 cm³/mol. The van der Waals surface area contributed by atoms with Gasteiger partial charge >= 0.3 is 5.97 Å². The van der Waals surface area contributed by atoms with Crippen LogP contribution in [0.2, 0.25) is 5.02 Å². The van der Waals surface area contributed by atoms with Crippen LogP contribution in [0.4, 0.5) is 0 Å². The summed E-state index contributed by atoms with van der Waals surface area (Å²) in [6.07, 6.45) is -0.0691. The highest BCUT2D eigenvalue weighted by molar-refractivity contribution is 9.10. The number of benzene rings is 1. The molecule has 0 saturated carbocycles. The van der Waals surface area contributed by atoms with Crippen LogP contribution in [0.5, 0.6) is 0 Å². The van der Waals surface area contributed by atoms with E-state index in [1.807, 2.05) is 0 Å². The van der Waals surface area contributed by atoms with Gasteiger partial charge < -0.3 is 24.4 Å². The zero-order valence-electron chi connectivity index (χ0n) is 16.8. The number of hydrogen-bond donors (Lipinski definition) is 2. The molecule has 1 unspecified atom stereocenters. The minimum Gasteiger partial charge on any atom is -0.463 e. The van der Waals surface area contributed by atoms with E-state index in [-0.39, 0.29) is 44.0 Å². The van der Waals surface area contributed by atoms with E-state index in [2.05, 4.69) is 15.9 Å². The summed E-state index contributed by atoms with van der Waals surface area (Å²) in [5, 5.41) is 18.3. The molecule has 0 amide bonds. The number of carbonyl (C=O) groups is 1. The zero-order valence-corrected chi connectivity index (χ0v) is 20.0. The van der Waals surface area contributed by atoms with E-state index in [1.54, 1.807) is 25.1 Å². The van der Waals surface area contributed by atoms with Crippen molar-refractivity contribution in [1.29, 1.82) is 0 Å². The minimum absolute atomic E-state index is 0.0501. The quantitative estimate of drug-likeness (QED) is 0.506. The first-order chi connectivity index (χ1) is 14.6. The lowest BCUT2D eigenvalue weighted by molar-refractivity contribution is -0.154. The Hall–Kier alpha value is -1.01. The lowest BCUT2D eigenvalue weighted by Crippen LogP contribution is -2.41. The second-order valence-electron chi connectivity index (χ2n) is 7.38. The molecule has 1 heterocycles. The molecule has 3 rings (SSSR count). The second-order valence-corrected chi connectivity index (χ2v) is 10.9. The number of aliphatic hydroxyl groups is 2. The molecule has 1 fully saturated rings. The van der Waals surface area contributed by atoms with Gasteiger partial charge in [0, 0.05) is 15.9 Å². The summed E-state index contributed by atoms with van der Waals surface area (Å²) in [6, 6.07) is 4.82. The second kappa shape index (κ2) is 9.86. The van der Waals surface area contributed by atoms with E-state index in [0.29, 0.717) is 15.1 Å². The fourth-order valence-electron chi connectivity index (χ4n) is 3.81. The molecule has 0 radical (unpaired) electrons. The molecule has 0 bridgehead atoms. The molecule has 1 saturated heterocycles. The molecule has 1 aromatic carbocycles. The van der Waals surface area contributed by atoms with E-state index in [9.17, 15) is 23.4 Å². The topological polar surface area (TPSA) is 119 Å². The smallest absolute Gasteiger partial charge is 0.335 e. The summed E-state index contributed by atoms with van der Waals surface area (Å²) in [6.45, 7) is 0.917. The van der Waals surface area contributed by atoms with Crippen LogP contribution in [0.25, 0.3) is 0 Å². The van der Waals surface area contributed by atoms with Crippen LogP contribution in [-0.2, 0) is 34.6 Å². The van der Waals surface area contributed by atoms with Crippen molar-refractivity contribution in [3.63, 3.8) is 0 Å². The summed E-state index contributed by atoms with van der Waals surface area (Å²) in [7, 11) is -3.82. The summed E-state index contributed by atoms with van der Waals surface area (Å²) >= 11 is 9.27. The number of rotatable bonds is 7. The summed E-state index contributed by atoms with van der Waals surface area (Å²) in [4.78, 5) is 12.7. The van der Waals surface area contributed by atoms with Gasteiger partial charge in [-0.3, -0.25) is 0 Å². The van der Waals surface area contributed by atoms with Crippen molar-refractivity contribution in [3.05, 3.63) is 44.9 Å². The Morgan fingerprint density at radius 1 is 1.29 bits per heavy atom. The first-order valence-corrected chi connectivity index (χ1v) is 12.7. The van der Waals surface area contributed by atoms with E-state index in [4.69, 9.17) is 25.8 Å². The molecule has 2 N–H and O–H groups in total. The van der Waals surface area contributed by atoms with Crippen LogP contribution < -0.4 is 0 Å². The van der Waals surface area contributed by atoms with Crippen LogP contribution in [0.15, 0.2) is 34.3 Å². The Morgan fingerprint density at radius 2 is 1.94 bits per heavy atom. The number of sulfone groups is 1. The third kappa shape index (κ3) is 5.32. The highest BCUT2D eigenvalue weighted by atomic mass is 79.9. The molecule has 11 heteroatoms. The van der Waals surface area contributed by atoms with Gasteiger partial charge in [0.1, 0.15) is 12.2 Å². The van der Waals surface area contributed by atoms with Crippen LogP contribution >= 0.6 is 27.5 Å². The number of aliphatic hydroxyl groups excluding tert-OH is 2. The van der Waals surface area contributed by atoms with Gasteiger partial charge in [-0.05, 0) is 37.1 Å². The molecule has 1 aliphatic heterocycles. The SMILES string of the molecule is CCOC(=O)C1=CC2(CCC1S(=O)(=O)Cc1ccc(Cl)cc1Br)O[C@H](CO)[C@@H](CO)O2. The molecule has 1 aromatic rings. The van der Waals surface area contributed by atoms with Gasteiger partial charge in [0.25, 0.3) is 0 Å². The highest BCUT2D eigenvalue weighted by Gasteiger charge is 2.51.